The lowest BCUT2D eigenvalue weighted by atomic mass is 9.79. The molecule has 2 unspecified atom stereocenters. The van der Waals surface area contributed by atoms with Crippen LogP contribution < -0.4 is 0 Å². The van der Waals surface area contributed by atoms with Crippen molar-refractivity contribution in [3.8, 4) is 5.75 Å². The molecule has 1 aliphatic carbocycles. The van der Waals surface area contributed by atoms with Crippen LogP contribution in [-0.4, -0.2) is 40.9 Å². The molecule has 0 bridgehead atoms. The molecule has 0 saturated heterocycles. The number of phenolic OH excluding ortho intramolecular Hbond substituents is 1. The Kier molecular flexibility index (Phi) is 7.05. The molecule has 7 heteroatoms. The minimum Gasteiger partial charge on any atom is -0.507 e. The molecule has 164 valence electrons. The normalized spacial score (nSPS) is 21.2. The molecule has 0 spiro atoms. The average Bonchev–Trinajstić information content (AvgIpc) is 2.53. The van der Waals surface area contributed by atoms with Gasteiger partial charge in [-0.2, -0.15) is 0 Å². The van der Waals surface area contributed by atoms with Crippen molar-refractivity contribution in [2.45, 2.75) is 93.5 Å². The minimum atomic E-state index is -3.71. The lowest BCUT2D eigenvalue weighted by Crippen LogP contribution is -2.38. The maximum Gasteiger partial charge on any atom is 0.318 e. The second-order valence-electron chi connectivity index (χ2n) is 10.0. The maximum atomic E-state index is 12.7. The number of phenols is 1. The monoisotopic (exact) mass is 442 g/mol. The van der Waals surface area contributed by atoms with E-state index in [1.165, 1.54) is 11.8 Å². The van der Waals surface area contributed by atoms with Crippen LogP contribution in [0.5, 0.6) is 5.75 Å². The number of thioether (sulfide) groups is 1. The van der Waals surface area contributed by atoms with Crippen molar-refractivity contribution in [1.82, 2.24) is 0 Å². The molecule has 2 rings (SSSR count). The number of carboxylic acid groups (broad SMARTS) is 1. The molecular weight excluding hydrogens is 408 g/mol. The van der Waals surface area contributed by atoms with Crippen molar-refractivity contribution < 1.29 is 23.4 Å². The third-order valence-corrected chi connectivity index (χ3v) is 9.10. The Morgan fingerprint density at radius 1 is 1.03 bits per heavy atom. The van der Waals surface area contributed by atoms with Gasteiger partial charge in [-0.15, -0.1) is 11.8 Å². The Labute approximate surface area is 179 Å². The summed E-state index contributed by atoms with van der Waals surface area (Å²) >= 11 is 1.51. The molecule has 1 aromatic rings. The van der Waals surface area contributed by atoms with Crippen LogP contribution in [0.2, 0.25) is 0 Å². The summed E-state index contributed by atoms with van der Waals surface area (Å²) in [7, 11) is -3.71. The lowest BCUT2D eigenvalue weighted by molar-refractivity contribution is -0.134. The molecule has 0 heterocycles. The zero-order chi connectivity index (χ0) is 22.2. The Morgan fingerprint density at radius 2 is 1.52 bits per heavy atom. The molecule has 0 aromatic heterocycles. The largest absolute Gasteiger partial charge is 0.507 e. The smallest absolute Gasteiger partial charge is 0.318 e. The van der Waals surface area contributed by atoms with Crippen molar-refractivity contribution in [1.29, 1.82) is 0 Å². The van der Waals surface area contributed by atoms with Crippen LogP contribution in [-0.2, 0) is 25.5 Å². The second-order valence-corrected chi connectivity index (χ2v) is 13.6. The number of carbonyl (C=O) groups is 1. The number of sulfone groups is 1. The Hall–Kier alpha value is -1.21. The lowest BCUT2D eigenvalue weighted by Gasteiger charge is -2.32. The fourth-order valence-electron chi connectivity index (χ4n) is 3.88. The van der Waals surface area contributed by atoms with Gasteiger partial charge in [0.1, 0.15) is 11.5 Å². The van der Waals surface area contributed by atoms with Gasteiger partial charge in [-0.05, 0) is 35.8 Å². The van der Waals surface area contributed by atoms with Crippen molar-refractivity contribution in [3.05, 3.63) is 23.3 Å². The van der Waals surface area contributed by atoms with Gasteiger partial charge >= 0.3 is 5.97 Å². The standard InChI is InChI=1S/C22H34O5S2/c1-21(2,3)15-11-14(12-16(20(15)25)22(4,5)6)28-17-9-7-8-10-18(17)29(26,27)13-19(23)24/h11-12,17-18,25H,7-10,13H2,1-6H3,(H,23,24). The second kappa shape index (κ2) is 8.50. The van der Waals surface area contributed by atoms with E-state index in [4.69, 9.17) is 5.11 Å². The van der Waals surface area contributed by atoms with E-state index in [0.717, 1.165) is 35.3 Å². The van der Waals surface area contributed by atoms with Gasteiger partial charge in [-0.1, -0.05) is 54.4 Å². The molecule has 1 saturated carbocycles. The van der Waals surface area contributed by atoms with Gasteiger partial charge in [0, 0.05) is 21.3 Å². The van der Waals surface area contributed by atoms with Crippen LogP contribution in [0, 0.1) is 0 Å². The van der Waals surface area contributed by atoms with E-state index in [1.807, 2.05) is 53.7 Å². The molecule has 5 nitrogen and oxygen atoms in total. The van der Waals surface area contributed by atoms with Gasteiger partial charge in [0.25, 0.3) is 0 Å². The molecule has 1 aliphatic rings. The predicted octanol–water partition coefficient (Wildman–Crippen LogP) is 4.89. The summed E-state index contributed by atoms with van der Waals surface area (Å²) in [6, 6.07) is 3.93. The highest BCUT2D eigenvalue weighted by Gasteiger charge is 2.38. The van der Waals surface area contributed by atoms with E-state index < -0.39 is 26.8 Å². The van der Waals surface area contributed by atoms with E-state index in [9.17, 15) is 18.3 Å². The first-order valence-corrected chi connectivity index (χ1v) is 12.7. The highest BCUT2D eigenvalue weighted by molar-refractivity contribution is 8.01. The first kappa shape index (κ1) is 24.1. The van der Waals surface area contributed by atoms with Crippen LogP contribution in [0.4, 0.5) is 0 Å². The maximum absolute atomic E-state index is 12.7. The van der Waals surface area contributed by atoms with Gasteiger partial charge in [-0.25, -0.2) is 8.42 Å². The fraction of sp³-hybridized carbons (Fsp3) is 0.682. The van der Waals surface area contributed by atoms with Crippen LogP contribution in [0.3, 0.4) is 0 Å². The third kappa shape index (κ3) is 5.91. The summed E-state index contributed by atoms with van der Waals surface area (Å²) in [4.78, 5) is 12.0. The van der Waals surface area contributed by atoms with Crippen LogP contribution >= 0.6 is 11.8 Å². The zero-order valence-electron chi connectivity index (χ0n) is 18.3. The molecule has 2 atom stereocenters. The number of hydrogen-bond donors (Lipinski definition) is 2. The van der Waals surface area contributed by atoms with Crippen LogP contribution in [0.25, 0.3) is 0 Å². The molecule has 0 aliphatic heterocycles. The Bertz CT molecular complexity index is 825. The van der Waals surface area contributed by atoms with Gasteiger partial charge in [0.2, 0.25) is 0 Å². The van der Waals surface area contributed by atoms with E-state index in [0.29, 0.717) is 12.2 Å². The number of benzene rings is 1. The molecule has 29 heavy (non-hydrogen) atoms. The number of carboxylic acids is 1. The Morgan fingerprint density at radius 3 is 1.97 bits per heavy atom. The number of aliphatic carboxylic acids is 1. The van der Waals surface area contributed by atoms with Crippen molar-refractivity contribution in [2.75, 3.05) is 5.75 Å². The van der Waals surface area contributed by atoms with Crippen LogP contribution in [0.1, 0.15) is 78.4 Å². The number of hydrogen-bond acceptors (Lipinski definition) is 5. The number of rotatable bonds is 5. The minimum absolute atomic E-state index is 0.182. The zero-order valence-corrected chi connectivity index (χ0v) is 19.9. The third-order valence-electron chi connectivity index (χ3n) is 5.41. The summed E-state index contributed by atoms with van der Waals surface area (Å²) in [5.41, 5.74) is 1.16. The van der Waals surface area contributed by atoms with Gasteiger partial charge in [0.05, 0.1) is 5.25 Å². The molecule has 1 fully saturated rings. The van der Waals surface area contributed by atoms with E-state index in [1.54, 1.807) is 0 Å². The fourth-order valence-corrected chi connectivity index (χ4v) is 7.53. The van der Waals surface area contributed by atoms with Gasteiger partial charge < -0.3 is 10.2 Å². The molecule has 1 aromatic carbocycles. The van der Waals surface area contributed by atoms with Gasteiger partial charge in [0.15, 0.2) is 9.84 Å². The molecule has 0 radical (unpaired) electrons. The number of aromatic hydroxyl groups is 1. The highest BCUT2D eigenvalue weighted by atomic mass is 32.2. The van der Waals surface area contributed by atoms with Crippen molar-refractivity contribution in [3.63, 3.8) is 0 Å². The SMILES string of the molecule is CC(C)(C)c1cc(SC2CCCCC2S(=O)(=O)CC(=O)O)cc(C(C)(C)C)c1O. The molecular formula is C22H34O5S2. The summed E-state index contributed by atoms with van der Waals surface area (Å²) in [6.07, 6.45) is 2.98. The van der Waals surface area contributed by atoms with E-state index >= 15 is 0 Å². The van der Waals surface area contributed by atoms with Crippen molar-refractivity contribution in [2.24, 2.45) is 0 Å². The topological polar surface area (TPSA) is 91.7 Å². The van der Waals surface area contributed by atoms with Crippen molar-refractivity contribution >= 4 is 27.6 Å². The summed E-state index contributed by atoms with van der Waals surface area (Å²) in [5.74, 6) is -1.81. The van der Waals surface area contributed by atoms with E-state index in [-0.39, 0.29) is 16.1 Å². The molecule has 2 N–H and O–H groups in total. The van der Waals surface area contributed by atoms with Gasteiger partial charge in [-0.3, -0.25) is 4.79 Å². The summed E-state index contributed by atoms with van der Waals surface area (Å²) in [6.45, 7) is 12.3. The first-order chi connectivity index (χ1) is 13.1. The van der Waals surface area contributed by atoms with Crippen LogP contribution in [0.15, 0.2) is 17.0 Å². The summed E-state index contributed by atoms with van der Waals surface area (Å²) < 4.78 is 25.3. The molecule has 0 amide bonds. The quantitative estimate of drug-likeness (QED) is 0.674. The average molecular weight is 443 g/mol. The predicted molar refractivity (Wildman–Crippen MR) is 119 cm³/mol. The highest BCUT2D eigenvalue weighted by Crippen LogP contribution is 2.44. The van der Waals surface area contributed by atoms with E-state index in [2.05, 4.69) is 0 Å². The summed E-state index contributed by atoms with van der Waals surface area (Å²) in [5, 5.41) is 19.1. The Balaban J connectivity index is 2.47. The first-order valence-electron chi connectivity index (χ1n) is 10.1.